The monoisotopic (exact) mass is 869 g/mol. The van der Waals surface area contributed by atoms with E-state index in [4.69, 9.17) is 51.9 Å². The summed E-state index contributed by atoms with van der Waals surface area (Å²) in [5, 5.41) is 2.96. The first-order chi connectivity index (χ1) is 29.0. The number of esters is 1. The van der Waals surface area contributed by atoms with Gasteiger partial charge in [-0.15, -0.1) is 0 Å². The topological polar surface area (TPSA) is 165 Å². The lowest BCUT2D eigenvalue weighted by Crippen LogP contribution is -2.41. The van der Waals surface area contributed by atoms with Gasteiger partial charge in [-0.3, -0.25) is 14.4 Å². The van der Waals surface area contributed by atoms with Gasteiger partial charge in [0.05, 0.1) is 117 Å². The van der Waals surface area contributed by atoms with E-state index in [0.29, 0.717) is 124 Å². The van der Waals surface area contributed by atoms with Gasteiger partial charge in [0.25, 0.3) is 0 Å². The summed E-state index contributed by atoms with van der Waals surface area (Å²) in [6.45, 7) is 16.5. The van der Waals surface area contributed by atoms with Crippen molar-refractivity contribution >= 4 is 42.9 Å². The van der Waals surface area contributed by atoms with Gasteiger partial charge in [-0.1, -0.05) is 24.3 Å². The molecular formula is C43H72BNO14S. The zero-order valence-corrected chi connectivity index (χ0v) is 37.5. The smallest absolute Gasteiger partial charge is 0.461 e. The Morgan fingerprint density at radius 1 is 0.633 bits per heavy atom. The molecule has 1 aliphatic heterocycles. The number of benzene rings is 1. The fourth-order valence-corrected chi connectivity index (χ4v) is 6.50. The molecule has 0 radical (unpaired) electrons. The third-order valence-corrected chi connectivity index (χ3v) is 10.8. The van der Waals surface area contributed by atoms with Gasteiger partial charge >= 0.3 is 13.1 Å². The fraction of sp³-hybridized carbons (Fsp3) is 0.791. The number of Topliss-reactive ketones (excluding diaryl/α,β-unsaturated/α-hetero) is 1. The molecule has 1 saturated heterocycles. The zero-order chi connectivity index (χ0) is 43.3. The Morgan fingerprint density at radius 2 is 1.08 bits per heavy atom. The molecule has 2 aliphatic rings. The minimum atomic E-state index is -0.430. The molecule has 2 fully saturated rings. The van der Waals surface area contributed by atoms with Gasteiger partial charge in [0, 0.05) is 38.0 Å². The number of carbonyl (C=O) groups is 3. The first-order valence-electron chi connectivity index (χ1n) is 21.6. The molecule has 1 N–H and O–H groups in total. The molecule has 1 aromatic rings. The Bertz CT molecular complexity index is 1310. The highest BCUT2D eigenvalue weighted by Gasteiger charge is 2.51. The second kappa shape index (κ2) is 30.8. The van der Waals surface area contributed by atoms with Crippen LogP contribution in [-0.4, -0.2) is 154 Å². The molecule has 1 saturated carbocycles. The summed E-state index contributed by atoms with van der Waals surface area (Å²) in [6, 6.07) is 7.77. The molecule has 3 rings (SSSR count). The number of carbonyl (C=O) groups excluding carboxylic acids is 3. The maximum atomic E-state index is 12.6. The average Bonchev–Trinajstić information content (AvgIpc) is 3.76. The molecule has 0 bridgehead atoms. The zero-order valence-electron chi connectivity index (χ0n) is 36.6. The van der Waals surface area contributed by atoms with Gasteiger partial charge < -0.3 is 57.3 Å². The predicted octanol–water partition coefficient (Wildman–Crippen LogP) is 3.75. The van der Waals surface area contributed by atoms with Gasteiger partial charge in [-0.25, -0.2) is 0 Å². The van der Waals surface area contributed by atoms with E-state index in [-0.39, 0.29) is 56.1 Å². The van der Waals surface area contributed by atoms with Crippen LogP contribution in [0.4, 0.5) is 0 Å². The molecule has 15 nitrogen and oxygen atoms in total. The summed E-state index contributed by atoms with van der Waals surface area (Å²) in [7, 11) is -0.430. The molecule has 2 atom stereocenters. The van der Waals surface area contributed by atoms with E-state index in [1.54, 1.807) is 0 Å². The number of ether oxygens (including phenoxy) is 9. The Morgan fingerprint density at radius 3 is 1.57 bits per heavy atom. The molecule has 1 heterocycles. The molecule has 1 aromatic carbocycles. The highest BCUT2D eigenvalue weighted by molar-refractivity contribution is 7.80. The SMILES string of the molecule is CC1(C)OB(c2ccc(COC(=O)CC3CCC(CNC(=O)CCC(=O)CCOCCOCCOCCOCCOCCOCCOCCOCCS)C3)cc2)OC1(C)C. The van der Waals surface area contributed by atoms with Crippen LogP contribution in [0.1, 0.15) is 78.2 Å². The van der Waals surface area contributed by atoms with E-state index in [0.717, 1.165) is 30.3 Å². The van der Waals surface area contributed by atoms with Gasteiger partial charge in [0.2, 0.25) is 5.91 Å². The quantitative estimate of drug-likeness (QED) is 0.0434. The van der Waals surface area contributed by atoms with E-state index in [1.165, 1.54) is 0 Å². The summed E-state index contributed by atoms with van der Waals surface area (Å²) >= 11 is 4.07. The van der Waals surface area contributed by atoms with Crippen molar-refractivity contribution in [3.05, 3.63) is 29.8 Å². The average molecular weight is 870 g/mol. The van der Waals surface area contributed by atoms with Crippen LogP contribution in [0, 0.1) is 11.8 Å². The highest BCUT2D eigenvalue weighted by atomic mass is 32.1. The second-order valence-corrected chi connectivity index (χ2v) is 16.4. The van der Waals surface area contributed by atoms with Crippen molar-refractivity contribution in [1.82, 2.24) is 5.32 Å². The number of hydrogen-bond donors (Lipinski definition) is 2. The van der Waals surface area contributed by atoms with Crippen molar-refractivity contribution in [3.63, 3.8) is 0 Å². The van der Waals surface area contributed by atoms with Gasteiger partial charge in [-0.2, -0.15) is 12.6 Å². The maximum Gasteiger partial charge on any atom is 0.494 e. The molecule has 1 amide bonds. The van der Waals surface area contributed by atoms with Crippen LogP contribution in [0.2, 0.25) is 0 Å². The Kier molecular flexibility index (Phi) is 26.8. The second-order valence-electron chi connectivity index (χ2n) is 16.0. The summed E-state index contributed by atoms with van der Waals surface area (Å²) in [4.78, 5) is 37.2. The normalized spacial score (nSPS) is 18.2. The number of hydrogen-bond acceptors (Lipinski definition) is 15. The summed E-state index contributed by atoms with van der Waals surface area (Å²) in [5.74, 6) is 0.898. The van der Waals surface area contributed by atoms with E-state index in [1.807, 2.05) is 52.0 Å². The molecule has 0 aromatic heterocycles. The molecule has 60 heavy (non-hydrogen) atoms. The molecular weight excluding hydrogens is 797 g/mol. The van der Waals surface area contributed by atoms with Gasteiger partial charge in [0.1, 0.15) is 12.4 Å². The standard InChI is InChI=1S/C43H72BNO14S/c1-42(2)43(3,4)59-44(58-42)38-9-7-35(8-10-38)34-57-41(48)32-36-5-6-37(31-36)33-45-40(47)12-11-39(46)13-14-49-15-16-50-17-18-51-19-20-52-21-22-53-23-24-54-25-26-55-27-28-56-29-30-60/h7-10,36-37,60H,5-6,11-34H2,1-4H3,(H,45,47). The predicted molar refractivity (Wildman–Crippen MR) is 230 cm³/mol. The van der Waals surface area contributed by atoms with Crippen LogP contribution < -0.4 is 10.8 Å². The highest BCUT2D eigenvalue weighted by Crippen LogP contribution is 2.36. The third-order valence-electron chi connectivity index (χ3n) is 10.6. The maximum absolute atomic E-state index is 12.6. The number of amides is 1. The lowest BCUT2D eigenvalue weighted by Gasteiger charge is -2.32. The first-order valence-corrected chi connectivity index (χ1v) is 22.2. The van der Waals surface area contributed by atoms with E-state index < -0.39 is 18.3 Å². The van der Waals surface area contributed by atoms with Crippen molar-refractivity contribution in [2.24, 2.45) is 11.8 Å². The Labute approximate surface area is 363 Å². The molecule has 17 heteroatoms. The lowest BCUT2D eigenvalue weighted by atomic mass is 9.79. The van der Waals surface area contributed by atoms with Crippen molar-refractivity contribution in [2.75, 3.05) is 118 Å². The molecule has 1 aliphatic carbocycles. The number of ketones is 1. The first kappa shape index (κ1) is 52.2. The van der Waals surface area contributed by atoms with Crippen molar-refractivity contribution < 1.29 is 66.3 Å². The minimum absolute atomic E-state index is 0.0120. The number of rotatable bonds is 36. The minimum Gasteiger partial charge on any atom is -0.461 e. The van der Waals surface area contributed by atoms with E-state index >= 15 is 0 Å². The van der Waals surface area contributed by atoms with Crippen LogP contribution in [-0.2, 0) is 72.9 Å². The number of thiol groups is 1. The van der Waals surface area contributed by atoms with Crippen molar-refractivity contribution in [1.29, 1.82) is 0 Å². The van der Waals surface area contributed by atoms with Crippen LogP contribution in [0.15, 0.2) is 24.3 Å². The van der Waals surface area contributed by atoms with E-state index in [9.17, 15) is 14.4 Å². The van der Waals surface area contributed by atoms with Gasteiger partial charge in [-0.05, 0) is 69.8 Å². The largest absolute Gasteiger partial charge is 0.494 e. The Hall–Kier alpha value is -2.16. The van der Waals surface area contributed by atoms with Crippen molar-refractivity contribution in [2.45, 2.75) is 90.4 Å². The van der Waals surface area contributed by atoms with Crippen LogP contribution in [0.25, 0.3) is 0 Å². The molecule has 2 unspecified atom stereocenters. The van der Waals surface area contributed by atoms with E-state index in [2.05, 4.69) is 17.9 Å². The summed E-state index contributed by atoms with van der Waals surface area (Å²) in [5.41, 5.74) is 1.02. The van der Waals surface area contributed by atoms with Gasteiger partial charge in [0.15, 0.2) is 0 Å². The molecule has 342 valence electrons. The third kappa shape index (κ3) is 22.8. The van der Waals surface area contributed by atoms with Crippen molar-refractivity contribution in [3.8, 4) is 0 Å². The number of nitrogens with one attached hydrogen (secondary N) is 1. The summed E-state index contributed by atoms with van der Waals surface area (Å²) in [6.07, 6.45) is 3.69. The summed E-state index contributed by atoms with van der Waals surface area (Å²) < 4.78 is 61.3. The van der Waals surface area contributed by atoms with Crippen LogP contribution in [0.5, 0.6) is 0 Å². The lowest BCUT2D eigenvalue weighted by molar-refractivity contribution is -0.146. The Balaban J connectivity index is 1.04. The van der Waals surface area contributed by atoms with Crippen LogP contribution in [0.3, 0.4) is 0 Å². The fourth-order valence-electron chi connectivity index (χ4n) is 6.37. The van der Waals surface area contributed by atoms with Crippen LogP contribution >= 0.6 is 12.6 Å². The molecule has 0 spiro atoms.